The molecule has 2 N–H and O–H groups in total. The van der Waals surface area contributed by atoms with Gasteiger partial charge in [-0.15, -0.1) is 4.83 Å². The van der Waals surface area contributed by atoms with Gasteiger partial charge < -0.3 is 4.74 Å². The summed E-state index contributed by atoms with van der Waals surface area (Å²) in [6, 6.07) is 11.4. The molecule has 0 aliphatic rings. The lowest BCUT2D eigenvalue weighted by Gasteiger charge is -2.11. The zero-order valence-corrected chi connectivity index (χ0v) is 15.4. The highest BCUT2D eigenvalue weighted by molar-refractivity contribution is 7.89. The second-order valence-corrected chi connectivity index (χ2v) is 7.47. The summed E-state index contributed by atoms with van der Waals surface area (Å²) in [6.45, 7) is 3.44. The number of benzene rings is 2. The van der Waals surface area contributed by atoms with Gasteiger partial charge in [-0.05, 0) is 54.8 Å². The van der Waals surface area contributed by atoms with Crippen molar-refractivity contribution >= 4 is 27.5 Å². The van der Waals surface area contributed by atoms with Gasteiger partial charge in [-0.2, -0.15) is 0 Å². The Kier molecular flexibility index (Phi) is 6.41. The van der Waals surface area contributed by atoms with Gasteiger partial charge in [-0.25, -0.2) is 8.42 Å². The molecule has 2 aromatic carbocycles. The first-order valence-electron chi connectivity index (χ1n) is 7.60. The molecule has 134 valence electrons. The lowest BCUT2D eigenvalue weighted by Crippen LogP contribution is -2.43. The highest BCUT2D eigenvalue weighted by Gasteiger charge is 2.15. The van der Waals surface area contributed by atoms with Crippen LogP contribution < -0.4 is 15.0 Å². The molecule has 0 bridgehead atoms. The van der Waals surface area contributed by atoms with Crippen molar-refractivity contribution in [3.8, 4) is 5.75 Å². The zero-order chi connectivity index (χ0) is 18.4. The van der Waals surface area contributed by atoms with Gasteiger partial charge >= 0.3 is 0 Å². The fourth-order valence-electron chi connectivity index (χ4n) is 2.04. The Bertz CT molecular complexity index is 851. The van der Waals surface area contributed by atoms with Gasteiger partial charge in [0.05, 0.1) is 4.90 Å². The molecule has 0 aromatic heterocycles. The number of halogens is 1. The van der Waals surface area contributed by atoms with Crippen LogP contribution in [0.3, 0.4) is 0 Å². The van der Waals surface area contributed by atoms with Gasteiger partial charge in [-0.3, -0.25) is 10.2 Å². The van der Waals surface area contributed by atoms with Crippen LogP contribution in [0.2, 0.25) is 5.02 Å². The summed E-state index contributed by atoms with van der Waals surface area (Å²) < 4.78 is 29.6. The van der Waals surface area contributed by atoms with Gasteiger partial charge in [0, 0.05) is 5.02 Å². The van der Waals surface area contributed by atoms with E-state index >= 15 is 0 Å². The molecule has 0 fully saturated rings. The van der Waals surface area contributed by atoms with E-state index in [0.717, 1.165) is 17.5 Å². The highest BCUT2D eigenvalue weighted by atomic mass is 35.5. The van der Waals surface area contributed by atoms with Crippen LogP contribution >= 0.6 is 11.6 Å². The molecule has 0 saturated carbocycles. The Morgan fingerprint density at radius 2 is 1.84 bits per heavy atom. The Morgan fingerprint density at radius 3 is 2.44 bits per heavy atom. The van der Waals surface area contributed by atoms with E-state index in [-0.39, 0.29) is 11.5 Å². The number of ether oxygens (including phenoxy) is 1. The largest absolute Gasteiger partial charge is 0.483 e. The average molecular weight is 383 g/mol. The molecule has 0 atom stereocenters. The quantitative estimate of drug-likeness (QED) is 0.721. The number of hydrogen-bond donors (Lipinski definition) is 2. The van der Waals surface area contributed by atoms with Gasteiger partial charge in [-0.1, -0.05) is 30.7 Å². The lowest BCUT2D eigenvalue weighted by atomic mass is 10.2. The Labute approximate surface area is 152 Å². The number of amides is 1. The van der Waals surface area contributed by atoms with Crippen LogP contribution in [0.25, 0.3) is 0 Å². The first-order valence-corrected chi connectivity index (χ1v) is 9.46. The number of nitrogens with one attached hydrogen (secondary N) is 2. The second kappa shape index (κ2) is 8.33. The first-order chi connectivity index (χ1) is 11.8. The number of sulfonamides is 1. The minimum absolute atomic E-state index is 0.0689. The summed E-state index contributed by atoms with van der Waals surface area (Å²) in [5.41, 5.74) is 3.92. The molecule has 0 saturated heterocycles. The molecular formula is C17H19ClN2O4S. The second-order valence-electron chi connectivity index (χ2n) is 5.35. The van der Waals surface area contributed by atoms with Crippen molar-refractivity contribution < 1.29 is 17.9 Å². The summed E-state index contributed by atoms with van der Waals surface area (Å²) in [4.78, 5) is 13.9. The van der Waals surface area contributed by atoms with Crippen LogP contribution in [0.1, 0.15) is 18.1 Å². The van der Waals surface area contributed by atoms with Crippen molar-refractivity contribution in [2.45, 2.75) is 25.2 Å². The standard InChI is InChI=1S/C17H19ClN2O4S/c1-3-13-4-7-15(8-5-13)25(22,23)20-19-17(21)11-24-16-9-6-14(18)10-12(16)2/h4-10,20H,3,11H2,1-2H3,(H,19,21). The van der Waals surface area contributed by atoms with Crippen molar-refractivity contribution in [1.29, 1.82) is 0 Å². The Morgan fingerprint density at radius 1 is 1.16 bits per heavy atom. The maximum Gasteiger partial charge on any atom is 0.272 e. The monoisotopic (exact) mass is 382 g/mol. The molecular weight excluding hydrogens is 364 g/mol. The van der Waals surface area contributed by atoms with E-state index in [0.29, 0.717) is 10.8 Å². The predicted octanol–water partition coefficient (Wildman–Crippen LogP) is 2.60. The van der Waals surface area contributed by atoms with E-state index in [9.17, 15) is 13.2 Å². The molecule has 0 aliphatic carbocycles. The molecule has 8 heteroatoms. The van der Waals surface area contributed by atoms with Crippen LogP contribution in [0.4, 0.5) is 0 Å². The van der Waals surface area contributed by atoms with Crippen molar-refractivity contribution in [3.63, 3.8) is 0 Å². The Balaban J connectivity index is 1.89. The smallest absolute Gasteiger partial charge is 0.272 e. The predicted molar refractivity (Wildman–Crippen MR) is 96.0 cm³/mol. The fraction of sp³-hybridized carbons (Fsp3) is 0.235. The van der Waals surface area contributed by atoms with E-state index in [1.54, 1.807) is 37.3 Å². The molecule has 0 radical (unpaired) electrons. The van der Waals surface area contributed by atoms with Crippen LogP contribution in [-0.2, 0) is 21.2 Å². The van der Waals surface area contributed by atoms with E-state index < -0.39 is 15.9 Å². The first kappa shape index (κ1) is 19.2. The van der Waals surface area contributed by atoms with Crippen molar-refractivity contribution in [3.05, 3.63) is 58.6 Å². The molecule has 0 heterocycles. The van der Waals surface area contributed by atoms with Crippen molar-refractivity contribution in [2.75, 3.05) is 6.61 Å². The number of rotatable bonds is 7. The summed E-state index contributed by atoms with van der Waals surface area (Å²) >= 11 is 5.85. The van der Waals surface area contributed by atoms with Crippen molar-refractivity contribution in [1.82, 2.24) is 10.3 Å². The number of carbonyl (C=O) groups is 1. The molecule has 25 heavy (non-hydrogen) atoms. The van der Waals surface area contributed by atoms with Gasteiger partial charge in [0.1, 0.15) is 5.75 Å². The SMILES string of the molecule is CCc1ccc(S(=O)(=O)NNC(=O)COc2ccc(Cl)cc2C)cc1. The highest BCUT2D eigenvalue weighted by Crippen LogP contribution is 2.21. The van der Waals surface area contributed by atoms with E-state index in [2.05, 4.69) is 5.43 Å². The minimum Gasteiger partial charge on any atom is -0.483 e. The van der Waals surface area contributed by atoms with E-state index in [1.807, 2.05) is 11.8 Å². The maximum atomic E-state index is 12.1. The molecule has 2 rings (SSSR count). The van der Waals surface area contributed by atoms with E-state index in [4.69, 9.17) is 16.3 Å². The van der Waals surface area contributed by atoms with Gasteiger partial charge in [0.15, 0.2) is 6.61 Å². The Hall–Kier alpha value is -2.09. The number of hydrogen-bond acceptors (Lipinski definition) is 4. The summed E-state index contributed by atoms with van der Waals surface area (Å²) in [5.74, 6) is -0.124. The third kappa shape index (κ3) is 5.45. The molecule has 1 amide bonds. The van der Waals surface area contributed by atoms with Crippen LogP contribution in [0, 0.1) is 6.92 Å². The molecule has 6 nitrogen and oxygen atoms in total. The topological polar surface area (TPSA) is 84.5 Å². The normalized spacial score (nSPS) is 11.2. The van der Waals surface area contributed by atoms with Crippen LogP contribution in [0.5, 0.6) is 5.75 Å². The number of carbonyl (C=O) groups excluding carboxylic acids is 1. The zero-order valence-electron chi connectivity index (χ0n) is 13.9. The number of aryl methyl sites for hydroxylation is 2. The average Bonchev–Trinajstić information content (AvgIpc) is 2.59. The van der Waals surface area contributed by atoms with Crippen molar-refractivity contribution in [2.24, 2.45) is 0 Å². The molecule has 2 aromatic rings. The summed E-state index contributed by atoms with van der Waals surface area (Å²) in [5, 5.41) is 0.566. The maximum absolute atomic E-state index is 12.1. The molecule has 0 aliphatic heterocycles. The molecule has 0 spiro atoms. The molecule has 0 unspecified atom stereocenters. The summed E-state index contributed by atoms with van der Waals surface area (Å²) in [7, 11) is -3.83. The van der Waals surface area contributed by atoms with Gasteiger partial charge in [0.25, 0.3) is 15.9 Å². The van der Waals surface area contributed by atoms with Crippen LogP contribution in [0.15, 0.2) is 47.4 Å². The fourth-order valence-corrected chi connectivity index (χ4v) is 3.13. The lowest BCUT2D eigenvalue weighted by molar-refractivity contribution is -0.123. The third-order valence-electron chi connectivity index (χ3n) is 3.46. The summed E-state index contributed by atoms with van der Waals surface area (Å²) in [6.07, 6.45) is 0.811. The van der Waals surface area contributed by atoms with E-state index in [1.165, 1.54) is 12.1 Å². The number of hydrazine groups is 1. The third-order valence-corrected chi connectivity index (χ3v) is 4.96. The van der Waals surface area contributed by atoms with Gasteiger partial charge in [0.2, 0.25) is 0 Å². The minimum atomic E-state index is -3.83. The van der Waals surface area contributed by atoms with Crippen LogP contribution in [-0.4, -0.2) is 20.9 Å².